The Labute approximate surface area is 109 Å². The van der Waals surface area contributed by atoms with E-state index in [4.69, 9.17) is 4.74 Å². The van der Waals surface area contributed by atoms with E-state index in [1.54, 1.807) is 13.2 Å². The number of aryl methyl sites for hydroxylation is 1. The van der Waals surface area contributed by atoms with Crippen molar-refractivity contribution in [2.45, 2.75) is 20.8 Å². The molecule has 1 rings (SSSR count). The summed E-state index contributed by atoms with van der Waals surface area (Å²) in [4.78, 5) is 23.3. The van der Waals surface area contributed by atoms with Crippen molar-refractivity contribution < 1.29 is 14.3 Å². The second-order valence-electron chi connectivity index (χ2n) is 3.91. The number of rotatable bonds is 4. The molecule has 0 N–H and O–H groups in total. The number of halogens is 1. The highest BCUT2D eigenvalue weighted by molar-refractivity contribution is 9.09. The highest BCUT2D eigenvalue weighted by Crippen LogP contribution is 2.28. The summed E-state index contributed by atoms with van der Waals surface area (Å²) >= 11 is 3.01. The number of benzene rings is 1. The average Bonchev–Trinajstić information content (AvgIpc) is 2.32. The zero-order valence-electron chi connectivity index (χ0n) is 10.4. The summed E-state index contributed by atoms with van der Waals surface area (Å²) in [6.07, 6.45) is 0. The van der Waals surface area contributed by atoms with Crippen molar-refractivity contribution in [3.05, 3.63) is 28.3 Å². The molecular weight excluding hydrogens is 284 g/mol. The van der Waals surface area contributed by atoms with Gasteiger partial charge in [-0.15, -0.1) is 0 Å². The zero-order valence-corrected chi connectivity index (χ0v) is 12.0. The number of alkyl halides is 1. The van der Waals surface area contributed by atoms with Crippen LogP contribution in [-0.2, 0) is 4.79 Å². The molecule has 92 valence electrons. The number of Topliss-reactive ketones (excluding diaryl/α,β-unsaturated/α-hetero) is 2. The van der Waals surface area contributed by atoms with E-state index in [1.165, 1.54) is 0 Å². The van der Waals surface area contributed by atoms with Gasteiger partial charge in [0.15, 0.2) is 0 Å². The molecule has 0 radical (unpaired) electrons. The Kier molecular flexibility index (Phi) is 4.46. The van der Waals surface area contributed by atoms with Gasteiger partial charge in [-0.2, -0.15) is 0 Å². The van der Waals surface area contributed by atoms with E-state index in [-0.39, 0.29) is 5.33 Å². The normalized spacial score (nSPS) is 10.2. The fraction of sp³-hybridized carbons (Fsp3) is 0.385. The van der Waals surface area contributed by atoms with Crippen molar-refractivity contribution in [1.82, 2.24) is 0 Å². The van der Waals surface area contributed by atoms with Crippen molar-refractivity contribution in [2.24, 2.45) is 0 Å². The van der Waals surface area contributed by atoms with Gasteiger partial charge in [0, 0.05) is 5.56 Å². The van der Waals surface area contributed by atoms with Gasteiger partial charge in [-0.25, -0.2) is 0 Å². The molecule has 0 spiro atoms. The largest absolute Gasteiger partial charge is 0.496 e. The lowest BCUT2D eigenvalue weighted by Crippen LogP contribution is -2.17. The Hall–Kier alpha value is -1.16. The third kappa shape index (κ3) is 2.57. The van der Waals surface area contributed by atoms with Crippen LogP contribution in [0.25, 0.3) is 0 Å². The lowest BCUT2D eigenvalue weighted by molar-refractivity contribution is -0.112. The molecule has 0 fully saturated rings. The predicted octanol–water partition coefficient (Wildman–Crippen LogP) is 2.77. The monoisotopic (exact) mass is 298 g/mol. The van der Waals surface area contributed by atoms with Crippen LogP contribution in [0.3, 0.4) is 0 Å². The molecule has 4 heteroatoms. The summed E-state index contributed by atoms with van der Waals surface area (Å²) in [7, 11) is 1.60. The number of ketones is 2. The van der Waals surface area contributed by atoms with Crippen LogP contribution in [0.4, 0.5) is 0 Å². The van der Waals surface area contributed by atoms with E-state index in [0.29, 0.717) is 5.56 Å². The van der Waals surface area contributed by atoms with Crippen LogP contribution in [0.5, 0.6) is 5.75 Å². The van der Waals surface area contributed by atoms with Crippen molar-refractivity contribution in [2.75, 3.05) is 12.4 Å². The molecule has 0 saturated heterocycles. The van der Waals surface area contributed by atoms with Crippen molar-refractivity contribution in [3.63, 3.8) is 0 Å². The van der Waals surface area contributed by atoms with E-state index in [2.05, 4.69) is 15.9 Å². The first-order valence-corrected chi connectivity index (χ1v) is 6.34. The minimum atomic E-state index is -0.451. The van der Waals surface area contributed by atoms with Crippen molar-refractivity contribution in [3.8, 4) is 5.75 Å². The molecule has 0 aliphatic carbocycles. The molecule has 1 aromatic rings. The average molecular weight is 299 g/mol. The number of ether oxygens (including phenoxy) is 1. The Morgan fingerprint density at radius 3 is 2.29 bits per heavy atom. The zero-order chi connectivity index (χ0) is 13.2. The van der Waals surface area contributed by atoms with E-state index < -0.39 is 11.6 Å². The minimum Gasteiger partial charge on any atom is -0.496 e. The molecule has 0 heterocycles. The van der Waals surface area contributed by atoms with Crippen molar-refractivity contribution >= 4 is 27.5 Å². The van der Waals surface area contributed by atoms with Gasteiger partial charge in [-0.3, -0.25) is 9.59 Å². The molecule has 0 aromatic heterocycles. The highest BCUT2D eigenvalue weighted by atomic mass is 79.9. The van der Waals surface area contributed by atoms with E-state index in [0.717, 1.165) is 22.4 Å². The lowest BCUT2D eigenvalue weighted by atomic mass is 9.95. The highest BCUT2D eigenvalue weighted by Gasteiger charge is 2.20. The number of hydrogen-bond acceptors (Lipinski definition) is 3. The summed E-state index contributed by atoms with van der Waals surface area (Å²) in [5.41, 5.74) is 3.02. The Balaban J connectivity index is 3.38. The second-order valence-corrected chi connectivity index (χ2v) is 4.47. The van der Waals surface area contributed by atoms with Gasteiger partial charge in [0.1, 0.15) is 5.75 Å². The van der Waals surface area contributed by atoms with E-state index >= 15 is 0 Å². The Morgan fingerprint density at radius 2 is 1.82 bits per heavy atom. The number of methoxy groups -OCH3 is 1. The number of hydrogen-bond donors (Lipinski definition) is 0. The molecule has 0 unspecified atom stereocenters. The second kappa shape index (κ2) is 5.45. The fourth-order valence-electron chi connectivity index (χ4n) is 1.82. The predicted molar refractivity (Wildman–Crippen MR) is 70.3 cm³/mol. The number of carbonyl (C=O) groups excluding carboxylic acids is 2. The molecule has 0 atom stereocenters. The van der Waals surface area contributed by atoms with Gasteiger partial charge in [-0.1, -0.05) is 15.9 Å². The minimum absolute atomic E-state index is 0.0510. The van der Waals surface area contributed by atoms with Gasteiger partial charge >= 0.3 is 0 Å². The standard InChI is InChI=1S/C13H15BrO3/c1-7-5-10(12(16)11(15)6-14)8(2)9(3)13(7)17-4/h5H,6H2,1-4H3. The van der Waals surface area contributed by atoms with Crippen LogP contribution in [0.2, 0.25) is 0 Å². The summed E-state index contributed by atoms with van der Waals surface area (Å²) in [5, 5.41) is 0.0510. The topological polar surface area (TPSA) is 43.4 Å². The third-order valence-corrected chi connectivity index (χ3v) is 3.36. The van der Waals surface area contributed by atoms with Crippen LogP contribution in [0.1, 0.15) is 27.0 Å². The number of carbonyl (C=O) groups is 2. The summed E-state index contributed by atoms with van der Waals surface area (Å²) in [6.45, 7) is 5.57. The van der Waals surface area contributed by atoms with Crippen molar-refractivity contribution in [1.29, 1.82) is 0 Å². The maximum Gasteiger partial charge on any atom is 0.229 e. The van der Waals surface area contributed by atoms with Crippen LogP contribution < -0.4 is 4.74 Å². The molecule has 0 aliphatic heterocycles. The summed E-state index contributed by atoms with van der Waals surface area (Å²) < 4.78 is 5.27. The van der Waals surface area contributed by atoms with Gasteiger partial charge < -0.3 is 4.74 Å². The quantitative estimate of drug-likeness (QED) is 0.488. The first-order chi connectivity index (χ1) is 7.93. The summed E-state index contributed by atoms with van der Waals surface area (Å²) in [5.74, 6) is -0.115. The fourth-order valence-corrected chi connectivity index (χ4v) is 2.07. The van der Waals surface area contributed by atoms with Crippen LogP contribution >= 0.6 is 15.9 Å². The van der Waals surface area contributed by atoms with Crippen LogP contribution in [0, 0.1) is 20.8 Å². The SMILES string of the molecule is COc1c(C)cc(C(=O)C(=O)CBr)c(C)c1C. The maximum absolute atomic E-state index is 11.9. The molecule has 0 saturated carbocycles. The summed E-state index contributed by atoms with van der Waals surface area (Å²) in [6, 6.07) is 1.71. The molecular formula is C13H15BrO3. The van der Waals surface area contributed by atoms with E-state index in [9.17, 15) is 9.59 Å². The smallest absolute Gasteiger partial charge is 0.229 e. The third-order valence-electron chi connectivity index (χ3n) is 2.85. The lowest BCUT2D eigenvalue weighted by Gasteiger charge is -2.14. The van der Waals surface area contributed by atoms with Gasteiger partial charge in [-0.05, 0) is 43.5 Å². The van der Waals surface area contributed by atoms with Gasteiger partial charge in [0.25, 0.3) is 0 Å². The van der Waals surface area contributed by atoms with Gasteiger partial charge in [0.05, 0.1) is 12.4 Å². The maximum atomic E-state index is 11.9. The van der Waals surface area contributed by atoms with Gasteiger partial charge in [0.2, 0.25) is 11.6 Å². The first-order valence-electron chi connectivity index (χ1n) is 5.22. The first kappa shape index (κ1) is 13.9. The van der Waals surface area contributed by atoms with Crippen LogP contribution in [-0.4, -0.2) is 24.0 Å². The molecule has 0 amide bonds. The Morgan fingerprint density at radius 1 is 1.24 bits per heavy atom. The molecule has 3 nitrogen and oxygen atoms in total. The molecule has 17 heavy (non-hydrogen) atoms. The molecule has 1 aromatic carbocycles. The molecule has 0 bridgehead atoms. The Bertz CT molecular complexity index is 478. The van der Waals surface area contributed by atoms with Crippen LogP contribution in [0.15, 0.2) is 6.07 Å². The molecule has 0 aliphatic rings. The van der Waals surface area contributed by atoms with E-state index in [1.807, 2.05) is 20.8 Å².